The minimum absolute atomic E-state index is 0.0654. The summed E-state index contributed by atoms with van der Waals surface area (Å²) in [6.07, 6.45) is 22.7. The van der Waals surface area contributed by atoms with Gasteiger partial charge in [-0.15, -0.1) is 0 Å². The number of benzene rings is 5. The van der Waals surface area contributed by atoms with Crippen LogP contribution in [0.1, 0.15) is 101 Å². The van der Waals surface area contributed by atoms with Crippen molar-refractivity contribution >= 4 is 39.3 Å². The van der Waals surface area contributed by atoms with Crippen molar-refractivity contribution in [3.05, 3.63) is 214 Å². The summed E-state index contributed by atoms with van der Waals surface area (Å²) in [5.74, 6) is 0.550. The summed E-state index contributed by atoms with van der Waals surface area (Å²) in [6, 6.07) is 38.0. The van der Waals surface area contributed by atoms with Crippen molar-refractivity contribution in [3.63, 3.8) is 0 Å². The van der Waals surface area contributed by atoms with E-state index in [0.29, 0.717) is 5.92 Å². The summed E-state index contributed by atoms with van der Waals surface area (Å²) in [5, 5.41) is 4.98. The molecule has 4 aliphatic rings. The predicted molar refractivity (Wildman–Crippen MR) is 271 cm³/mol. The molecule has 0 saturated heterocycles. The molecular weight excluding hydrogens is 759 g/mol. The molecule has 0 N–H and O–H groups in total. The summed E-state index contributed by atoms with van der Waals surface area (Å²) in [6.45, 7) is 23.1. The van der Waals surface area contributed by atoms with E-state index in [1.807, 2.05) is 12.3 Å². The van der Waals surface area contributed by atoms with Gasteiger partial charge in [-0.3, -0.25) is 4.98 Å². The fourth-order valence-corrected chi connectivity index (χ4v) is 11.2. The number of hydrogen-bond acceptors (Lipinski definition) is 1. The minimum Gasteiger partial charge on any atom is -0.256 e. The molecule has 1 heterocycles. The number of fused-ring (bicyclic) bond motifs is 4. The number of aromatic nitrogens is 1. The van der Waals surface area contributed by atoms with Crippen LogP contribution >= 0.6 is 0 Å². The van der Waals surface area contributed by atoms with Crippen LogP contribution < -0.4 is 0 Å². The van der Waals surface area contributed by atoms with E-state index in [4.69, 9.17) is 11.6 Å². The second kappa shape index (κ2) is 15.8. The van der Waals surface area contributed by atoms with Gasteiger partial charge in [-0.1, -0.05) is 178 Å². The molecule has 0 fully saturated rings. The van der Waals surface area contributed by atoms with Gasteiger partial charge in [0, 0.05) is 28.0 Å². The molecule has 6 aromatic rings. The van der Waals surface area contributed by atoms with E-state index in [0.717, 1.165) is 43.4 Å². The minimum atomic E-state index is -0.146. The first-order valence-electron chi connectivity index (χ1n) is 23.1. The van der Waals surface area contributed by atoms with E-state index in [9.17, 15) is 0 Å². The largest absolute Gasteiger partial charge is 0.256 e. The van der Waals surface area contributed by atoms with Gasteiger partial charge in [0.2, 0.25) is 0 Å². The molecule has 0 bridgehead atoms. The Bertz CT molecular complexity index is 3100. The van der Waals surface area contributed by atoms with Crippen molar-refractivity contribution in [2.45, 2.75) is 85.5 Å². The Hall–Kier alpha value is -6.31. The van der Waals surface area contributed by atoms with Gasteiger partial charge >= 0.3 is 0 Å². The lowest BCUT2D eigenvalue weighted by Gasteiger charge is -2.39. The number of aryl methyl sites for hydroxylation is 1. The van der Waals surface area contributed by atoms with Gasteiger partial charge < -0.3 is 0 Å². The zero-order chi connectivity index (χ0) is 43.6. The van der Waals surface area contributed by atoms with Crippen molar-refractivity contribution in [2.75, 3.05) is 0 Å². The molecule has 5 aromatic carbocycles. The standard InChI is InChI=1S/C62H59N/c1-9-42-34-48(49-21-19-43-18-17-39(2)31-53(43)35-49)24-23-47(42)32-40(3)46-15-12-14-45-20-22-50(36-57(45)61(5,6)41(4)33-46)51-25-27-55-56-28-26-52(38-59(56)62(7,8)58(55)37-51)60-54-16-11-10-13-44(54)29-30-63-60/h9-13,15-19,21,23-24,26,28-35,37-38,50H,1,4,14,20,22,25,27,36H2,2-3,5-8H3/b15-12?,40-32+,46-33+. The van der Waals surface area contributed by atoms with Gasteiger partial charge in [0.05, 0.1) is 5.69 Å². The van der Waals surface area contributed by atoms with E-state index >= 15 is 0 Å². The molecule has 1 nitrogen and oxygen atoms in total. The second-order valence-corrected chi connectivity index (χ2v) is 19.7. The van der Waals surface area contributed by atoms with Crippen molar-refractivity contribution in [2.24, 2.45) is 11.3 Å². The molecular formula is C62H59N. The summed E-state index contributed by atoms with van der Waals surface area (Å²) >= 11 is 0. The first-order valence-corrected chi connectivity index (χ1v) is 23.1. The molecule has 4 aliphatic carbocycles. The number of rotatable bonds is 6. The Balaban J connectivity index is 0.891. The molecule has 312 valence electrons. The van der Waals surface area contributed by atoms with Gasteiger partial charge in [-0.25, -0.2) is 0 Å². The lowest BCUT2D eigenvalue weighted by atomic mass is 9.66. The fraction of sp³-hybridized carbons (Fsp3) is 0.242. The third kappa shape index (κ3) is 7.26. The lowest BCUT2D eigenvalue weighted by molar-refractivity contribution is 0.421. The van der Waals surface area contributed by atoms with E-state index in [2.05, 4.69) is 182 Å². The summed E-state index contributed by atoms with van der Waals surface area (Å²) in [4.78, 5) is 4.89. The van der Waals surface area contributed by atoms with Crippen molar-refractivity contribution in [1.82, 2.24) is 4.98 Å². The van der Waals surface area contributed by atoms with E-state index in [1.54, 1.807) is 22.3 Å². The summed E-state index contributed by atoms with van der Waals surface area (Å²) in [5.41, 5.74) is 22.5. The van der Waals surface area contributed by atoms with Gasteiger partial charge in [0.25, 0.3) is 0 Å². The van der Waals surface area contributed by atoms with Crippen LogP contribution in [0.3, 0.4) is 0 Å². The van der Waals surface area contributed by atoms with Gasteiger partial charge in [-0.2, -0.15) is 0 Å². The first kappa shape index (κ1) is 40.7. The molecule has 1 aromatic heterocycles. The predicted octanol–water partition coefficient (Wildman–Crippen LogP) is 17.1. The molecule has 0 aliphatic heterocycles. The van der Waals surface area contributed by atoms with Gasteiger partial charge in [0.15, 0.2) is 0 Å². The topological polar surface area (TPSA) is 12.9 Å². The molecule has 0 amide bonds. The molecule has 10 rings (SSSR count). The first-order chi connectivity index (χ1) is 30.4. The molecule has 63 heavy (non-hydrogen) atoms. The van der Waals surface area contributed by atoms with Crippen LogP contribution in [0.25, 0.3) is 61.7 Å². The smallest absolute Gasteiger partial charge is 0.0780 e. The monoisotopic (exact) mass is 817 g/mol. The average molecular weight is 818 g/mol. The van der Waals surface area contributed by atoms with Gasteiger partial charge in [0.1, 0.15) is 0 Å². The van der Waals surface area contributed by atoms with Crippen LogP contribution in [-0.2, 0) is 5.41 Å². The Morgan fingerprint density at radius 2 is 1.54 bits per heavy atom. The van der Waals surface area contributed by atoms with Crippen molar-refractivity contribution in [1.29, 1.82) is 0 Å². The maximum Gasteiger partial charge on any atom is 0.0780 e. The summed E-state index contributed by atoms with van der Waals surface area (Å²) < 4.78 is 0. The van der Waals surface area contributed by atoms with E-state index in [-0.39, 0.29) is 10.8 Å². The van der Waals surface area contributed by atoms with Gasteiger partial charge in [-0.05, 0) is 160 Å². The highest BCUT2D eigenvalue weighted by molar-refractivity contribution is 5.95. The maximum atomic E-state index is 4.89. The molecule has 0 radical (unpaired) electrons. The molecule has 1 heteroatoms. The Morgan fingerprint density at radius 1 is 0.746 bits per heavy atom. The van der Waals surface area contributed by atoms with Crippen LogP contribution in [0, 0.1) is 18.3 Å². The van der Waals surface area contributed by atoms with Crippen molar-refractivity contribution in [3.8, 4) is 22.4 Å². The number of nitrogens with zero attached hydrogens (tertiary/aromatic N) is 1. The molecule has 1 atom stereocenters. The van der Waals surface area contributed by atoms with Crippen LogP contribution in [0.5, 0.6) is 0 Å². The van der Waals surface area contributed by atoms with Crippen LogP contribution in [-0.4, -0.2) is 4.98 Å². The quantitative estimate of drug-likeness (QED) is 0.153. The highest BCUT2D eigenvalue weighted by Crippen LogP contribution is 2.55. The van der Waals surface area contributed by atoms with Crippen LogP contribution in [0.4, 0.5) is 0 Å². The number of hydrogen-bond donors (Lipinski definition) is 0. The third-order valence-corrected chi connectivity index (χ3v) is 15.2. The lowest BCUT2D eigenvalue weighted by Crippen LogP contribution is -2.25. The summed E-state index contributed by atoms with van der Waals surface area (Å²) in [7, 11) is 0. The van der Waals surface area contributed by atoms with Crippen LogP contribution in [0.15, 0.2) is 186 Å². The highest BCUT2D eigenvalue weighted by Gasteiger charge is 2.40. The third-order valence-electron chi connectivity index (χ3n) is 15.2. The number of allylic oxidation sites excluding steroid dienone is 12. The average Bonchev–Trinajstić information content (AvgIpc) is 3.54. The second-order valence-electron chi connectivity index (χ2n) is 19.7. The highest BCUT2D eigenvalue weighted by atomic mass is 14.7. The Labute approximate surface area is 375 Å². The SMILES string of the molecule is C=Cc1cc(-c2ccc3ccc(C)cc3c2)ccc1/C=C(C)/C1=C/C(=C)C(C)(C)C2=C(CC=C1)CCC(C1=CC3=C(CC1)c1ccc(-c4nccc5ccccc45)cc1C3(C)C)C2. The van der Waals surface area contributed by atoms with Crippen LogP contribution in [0.2, 0.25) is 0 Å². The maximum absolute atomic E-state index is 4.89. The molecule has 1 unspecified atom stereocenters. The Kier molecular flexibility index (Phi) is 10.2. The Morgan fingerprint density at radius 3 is 2.40 bits per heavy atom. The molecule has 0 spiro atoms. The zero-order valence-electron chi connectivity index (χ0n) is 38.0. The van der Waals surface area contributed by atoms with E-state index in [1.165, 1.54) is 89.2 Å². The normalized spacial score (nSPS) is 20.3. The molecule has 0 saturated carbocycles. The number of pyridine rings is 1. The van der Waals surface area contributed by atoms with Crippen molar-refractivity contribution < 1.29 is 0 Å². The van der Waals surface area contributed by atoms with E-state index < -0.39 is 0 Å². The zero-order valence-corrected chi connectivity index (χ0v) is 38.0. The fourth-order valence-electron chi connectivity index (χ4n) is 11.2.